The quantitative estimate of drug-likeness (QED) is 0.610. The maximum Gasteiger partial charge on any atom is 0.182 e. The molecular formula is C10H12N8. The van der Waals surface area contributed by atoms with Crippen LogP contribution in [0.2, 0.25) is 0 Å². The minimum Gasteiger partial charge on any atom is -0.384 e. The first kappa shape index (κ1) is 10.5. The number of nitrogens with zero attached hydrogens (tertiary/aromatic N) is 5. The number of aromatic amines is 1. The molecule has 8 nitrogen and oxygen atoms in total. The highest BCUT2D eigenvalue weighted by atomic mass is 15.3. The third-order valence-electron chi connectivity index (χ3n) is 2.73. The molecule has 3 heterocycles. The average molecular weight is 244 g/mol. The van der Waals surface area contributed by atoms with Crippen molar-refractivity contribution in [1.29, 1.82) is 0 Å². The van der Waals surface area contributed by atoms with Crippen molar-refractivity contribution in [2.24, 2.45) is 7.05 Å². The molecule has 8 heteroatoms. The zero-order valence-electron chi connectivity index (χ0n) is 9.75. The van der Waals surface area contributed by atoms with E-state index in [1.807, 2.05) is 0 Å². The van der Waals surface area contributed by atoms with E-state index in [4.69, 9.17) is 5.73 Å². The fourth-order valence-corrected chi connectivity index (χ4v) is 1.71. The number of aryl methyl sites for hydroxylation is 1. The van der Waals surface area contributed by atoms with Gasteiger partial charge in [-0.15, -0.1) is 0 Å². The highest BCUT2D eigenvalue weighted by Crippen LogP contribution is 2.17. The molecule has 0 radical (unpaired) electrons. The van der Waals surface area contributed by atoms with E-state index in [9.17, 15) is 0 Å². The number of hydrogen-bond donors (Lipinski definition) is 3. The van der Waals surface area contributed by atoms with Gasteiger partial charge >= 0.3 is 0 Å². The minimum atomic E-state index is 0.546. The summed E-state index contributed by atoms with van der Waals surface area (Å²) in [6.45, 7) is 0.546. The lowest BCUT2D eigenvalue weighted by atomic mass is 10.3. The molecular weight excluding hydrogens is 232 g/mol. The van der Waals surface area contributed by atoms with E-state index in [1.165, 1.54) is 6.33 Å². The average Bonchev–Trinajstić information content (AvgIpc) is 2.97. The lowest BCUT2D eigenvalue weighted by Crippen LogP contribution is -2.05. The Morgan fingerprint density at radius 1 is 1.39 bits per heavy atom. The van der Waals surface area contributed by atoms with Crippen molar-refractivity contribution in [3.8, 4) is 0 Å². The summed E-state index contributed by atoms with van der Waals surface area (Å²) < 4.78 is 1.63. The number of nitrogen functional groups attached to an aromatic ring is 1. The number of aromatic nitrogens is 6. The van der Waals surface area contributed by atoms with E-state index < -0.39 is 0 Å². The minimum absolute atomic E-state index is 0.546. The predicted molar refractivity (Wildman–Crippen MR) is 66.6 cm³/mol. The largest absolute Gasteiger partial charge is 0.384 e. The molecule has 0 saturated carbocycles. The van der Waals surface area contributed by atoms with Gasteiger partial charge in [0.1, 0.15) is 17.7 Å². The molecule has 3 aromatic heterocycles. The lowest BCUT2D eigenvalue weighted by molar-refractivity contribution is 0.778. The van der Waals surface area contributed by atoms with Crippen LogP contribution in [-0.4, -0.2) is 29.7 Å². The highest BCUT2D eigenvalue weighted by Gasteiger charge is 2.08. The number of H-pyrrole nitrogens is 1. The summed E-state index contributed by atoms with van der Waals surface area (Å²) in [7, 11) is 1.80. The number of anilines is 2. The predicted octanol–water partition coefficient (Wildman–Crippen LogP) is 0.281. The highest BCUT2D eigenvalue weighted by molar-refractivity contribution is 5.81. The number of nitrogens with two attached hydrogens (primary N) is 1. The summed E-state index contributed by atoms with van der Waals surface area (Å²) in [4.78, 5) is 15.3. The Morgan fingerprint density at radius 2 is 2.28 bits per heavy atom. The van der Waals surface area contributed by atoms with Crippen LogP contribution in [0.1, 0.15) is 5.56 Å². The van der Waals surface area contributed by atoms with Crippen molar-refractivity contribution in [2.75, 3.05) is 11.1 Å². The van der Waals surface area contributed by atoms with Crippen LogP contribution in [-0.2, 0) is 13.6 Å². The number of rotatable bonds is 3. The van der Waals surface area contributed by atoms with Crippen molar-refractivity contribution in [3.05, 3.63) is 24.4 Å². The second-order valence-electron chi connectivity index (χ2n) is 3.86. The molecule has 0 aliphatic heterocycles. The molecule has 92 valence electrons. The van der Waals surface area contributed by atoms with Crippen LogP contribution in [0.15, 0.2) is 18.9 Å². The van der Waals surface area contributed by atoms with Gasteiger partial charge in [-0.1, -0.05) is 0 Å². The van der Waals surface area contributed by atoms with Gasteiger partial charge in [0.05, 0.1) is 12.5 Å². The number of fused-ring (bicyclic) bond motifs is 1. The molecule has 4 N–H and O–H groups in total. The van der Waals surface area contributed by atoms with Gasteiger partial charge in [0.25, 0.3) is 0 Å². The zero-order chi connectivity index (χ0) is 12.5. The molecule has 0 aliphatic rings. The Morgan fingerprint density at radius 3 is 3.06 bits per heavy atom. The van der Waals surface area contributed by atoms with Crippen LogP contribution in [0.25, 0.3) is 11.2 Å². The van der Waals surface area contributed by atoms with Gasteiger partial charge in [-0.2, -0.15) is 5.10 Å². The van der Waals surface area contributed by atoms with Gasteiger partial charge in [0.2, 0.25) is 0 Å². The first-order valence-corrected chi connectivity index (χ1v) is 5.40. The van der Waals surface area contributed by atoms with E-state index in [2.05, 4.69) is 30.4 Å². The standard InChI is InChI=1S/C10H12N8/c1-18-8(11)6(3-17-18)2-12-9-7-10(14-4-13-7)16-5-15-9/h3-5H,2,11H2,1H3,(H2,12,13,14,15,16). The van der Waals surface area contributed by atoms with E-state index in [-0.39, 0.29) is 0 Å². The van der Waals surface area contributed by atoms with Crippen LogP contribution < -0.4 is 11.1 Å². The van der Waals surface area contributed by atoms with Crippen molar-refractivity contribution in [2.45, 2.75) is 6.54 Å². The van der Waals surface area contributed by atoms with Crippen LogP contribution in [0.4, 0.5) is 11.6 Å². The third-order valence-corrected chi connectivity index (χ3v) is 2.73. The van der Waals surface area contributed by atoms with Crippen LogP contribution in [0.5, 0.6) is 0 Å². The topological polar surface area (TPSA) is 110 Å². The zero-order valence-corrected chi connectivity index (χ0v) is 9.75. The molecule has 3 rings (SSSR count). The Hall–Kier alpha value is -2.64. The Labute approximate surface area is 102 Å². The number of hydrogen-bond acceptors (Lipinski definition) is 6. The Balaban J connectivity index is 1.85. The smallest absolute Gasteiger partial charge is 0.182 e. The van der Waals surface area contributed by atoms with Gasteiger partial charge in [-0.25, -0.2) is 15.0 Å². The molecule has 0 aromatic carbocycles. The maximum atomic E-state index is 5.87. The molecule has 3 aromatic rings. The second kappa shape index (κ2) is 3.99. The second-order valence-corrected chi connectivity index (χ2v) is 3.86. The number of imidazole rings is 1. The van der Waals surface area contributed by atoms with Crippen LogP contribution in [0.3, 0.4) is 0 Å². The van der Waals surface area contributed by atoms with Gasteiger partial charge < -0.3 is 16.0 Å². The van der Waals surface area contributed by atoms with Crippen molar-refractivity contribution in [3.63, 3.8) is 0 Å². The molecule has 18 heavy (non-hydrogen) atoms. The fraction of sp³-hybridized carbons (Fsp3) is 0.200. The summed E-state index contributed by atoms with van der Waals surface area (Å²) in [5.74, 6) is 1.33. The SMILES string of the molecule is Cn1ncc(CNc2ncnc3nc[nH]c23)c1N. The van der Waals surface area contributed by atoms with Gasteiger partial charge in [-0.05, 0) is 0 Å². The molecule has 0 bridgehead atoms. The molecule has 0 spiro atoms. The maximum absolute atomic E-state index is 5.87. The lowest BCUT2D eigenvalue weighted by Gasteiger charge is -2.05. The summed E-state index contributed by atoms with van der Waals surface area (Å²) >= 11 is 0. The first-order chi connectivity index (χ1) is 8.75. The van der Waals surface area contributed by atoms with Crippen LogP contribution >= 0.6 is 0 Å². The van der Waals surface area contributed by atoms with Gasteiger partial charge in [0, 0.05) is 19.2 Å². The number of nitrogens with one attached hydrogen (secondary N) is 2. The summed E-state index contributed by atoms with van der Waals surface area (Å²) in [6, 6.07) is 0. The van der Waals surface area contributed by atoms with Crippen molar-refractivity contribution in [1.82, 2.24) is 29.7 Å². The van der Waals surface area contributed by atoms with Crippen molar-refractivity contribution >= 4 is 22.8 Å². The van der Waals surface area contributed by atoms with E-state index in [1.54, 1.807) is 24.3 Å². The molecule has 0 aliphatic carbocycles. The summed E-state index contributed by atoms with van der Waals surface area (Å²) in [5, 5.41) is 7.27. The summed E-state index contributed by atoms with van der Waals surface area (Å²) in [5.41, 5.74) is 8.20. The fourth-order valence-electron chi connectivity index (χ4n) is 1.71. The van der Waals surface area contributed by atoms with Gasteiger partial charge in [-0.3, -0.25) is 4.68 Å². The molecule has 0 atom stereocenters. The normalized spacial score (nSPS) is 10.9. The van der Waals surface area contributed by atoms with Crippen LogP contribution in [0, 0.1) is 0 Å². The monoisotopic (exact) mass is 244 g/mol. The van der Waals surface area contributed by atoms with E-state index >= 15 is 0 Å². The van der Waals surface area contributed by atoms with E-state index in [0.717, 1.165) is 11.1 Å². The molecule has 0 saturated heterocycles. The Kier molecular flexibility index (Phi) is 2.33. The van der Waals surface area contributed by atoms with E-state index in [0.29, 0.717) is 23.8 Å². The molecule has 0 amide bonds. The van der Waals surface area contributed by atoms with Crippen molar-refractivity contribution < 1.29 is 0 Å². The summed E-state index contributed by atoms with van der Waals surface area (Å²) in [6.07, 6.45) is 4.79. The molecule has 0 fully saturated rings. The Bertz CT molecular complexity index is 682. The molecule has 0 unspecified atom stereocenters. The van der Waals surface area contributed by atoms with Gasteiger partial charge in [0.15, 0.2) is 11.5 Å². The third kappa shape index (κ3) is 1.63. The first-order valence-electron chi connectivity index (χ1n) is 5.40.